The summed E-state index contributed by atoms with van der Waals surface area (Å²) in [4.78, 5) is 10.3. The zero-order valence-corrected chi connectivity index (χ0v) is 14.3. The minimum atomic E-state index is -0.471. The first-order valence-electron chi connectivity index (χ1n) is 7.21. The van der Waals surface area contributed by atoms with Gasteiger partial charge in [-0.15, -0.1) is 0 Å². The van der Waals surface area contributed by atoms with Crippen molar-refractivity contribution < 1.29 is 9.84 Å². The van der Waals surface area contributed by atoms with E-state index >= 15 is 0 Å². The molecule has 5 nitrogen and oxygen atoms in total. The fraction of sp³-hybridized carbons (Fsp3) is 0.375. The number of anilines is 1. The van der Waals surface area contributed by atoms with E-state index < -0.39 is 6.10 Å². The van der Waals surface area contributed by atoms with Crippen LogP contribution in [0.4, 0.5) is 5.82 Å². The van der Waals surface area contributed by atoms with E-state index in [-0.39, 0.29) is 0 Å². The summed E-state index contributed by atoms with van der Waals surface area (Å²) in [6.07, 6.45) is 2.73. The minimum absolute atomic E-state index is 0.468. The number of aliphatic hydroxyl groups excluding tert-OH is 1. The van der Waals surface area contributed by atoms with Crippen molar-refractivity contribution in [3.63, 3.8) is 0 Å². The molecule has 2 aromatic rings. The van der Waals surface area contributed by atoms with E-state index in [1.54, 1.807) is 13.1 Å². The first kappa shape index (κ1) is 16.7. The maximum absolute atomic E-state index is 9.79. The van der Waals surface area contributed by atoms with Gasteiger partial charge >= 0.3 is 0 Å². The molecule has 0 spiro atoms. The van der Waals surface area contributed by atoms with Crippen LogP contribution in [0, 0.1) is 0 Å². The number of aromatic nitrogens is 2. The second-order valence-electron chi connectivity index (χ2n) is 4.96. The van der Waals surface area contributed by atoms with Crippen LogP contribution in [0.2, 0.25) is 0 Å². The molecule has 0 saturated heterocycles. The maximum Gasteiger partial charge on any atom is 0.146 e. The second-order valence-corrected chi connectivity index (χ2v) is 5.82. The van der Waals surface area contributed by atoms with E-state index in [0.717, 1.165) is 21.6 Å². The number of aliphatic hydroxyl groups is 1. The molecule has 0 bridgehead atoms. The van der Waals surface area contributed by atoms with Crippen molar-refractivity contribution in [2.24, 2.45) is 0 Å². The predicted octanol–water partition coefficient (Wildman–Crippen LogP) is 3.03. The third kappa shape index (κ3) is 4.42. The van der Waals surface area contributed by atoms with Crippen molar-refractivity contribution >= 4 is 21.7 Å². The van der Waals surface area contributed by atoms with Crippen LogP contribution in [0.1, 0.15) is 19.4 Å². The molecule has 1 N–H and O–H groups in total. The molecule has 0 unspecified atom stereocenters. The normalized spacial score (nSPS) is 12.0. The number of ether oxygens (including phenoxy) is 1. The lowest BCUT2D eigenvalue weighted by Crippen LogP contribution is -2.31. The Balaban J connectivity index is 2.30. The topological polar surface area (TPSA) is 58.5 Å². The highest BCUT2D eigenvalue weighted by atomic mass is 79.9. The molecule has 6 heteroatoms. The van der Waals surface area contributed by atoms with Crippen LogP contribution >= 0.6 is 15.9 Å². The van der Waals surface area contributed by atoms with Crippen LogP contribution in [0.3, 0.4) is 0 Å². The molecule has 1 heterocycles. The first-order valence-corrected chi connectivity index (χ1v) is 8.00. The van der Waals surface area contributed by atoms with E-state index in [9.17, 15) is 5.11 Å². The molecule has 2 rings (SSSR count). The number of hydrogen-bond donors (Lipinski definition) is 1. The van der Waals surface area contributed by atoms with Gasteiger partial charge < -0.3 is 14.7 Å². The molecule has 1 aromatic heterocycles. The Hall–Kier alpha value is -1.66. The van der Waals surface area contributed by atoms with Crippen LogP contribution in [0.5, 0.6) is 5.75 Å². The molecular weight excluding hydrogens is 346 g/mol. The summed E-state index contributed by atoms with van der Waals surface area (Å²) in [7, 11) is 0. The van der Waals surface area contributed by atoms with E-state index in [0.29, 0.717) is 19.7 Å². The van der Waals surface area contributed by atoms with Gasteiger partial charge in [-0.2, -0.15) is 0 Å². The predicted molar refractivity (Wildman–Crippen MR) is 90.1 cm³/mol. The number of hydrogen-bond acceptors (Lipinski definition) is 5. The summed E-state index contributed by atoms with van der Waals surface area (Å²) < 4.78 is 6.47. The minimum Gasteiger partial charge on any atom is -0.494 e. The van der Waals surface area contributed by atoms with Gasteiger partial charge in [0, 0.05) is 24.8 Å². The van der Waals surface area contributed by atoms with Gasteiger partial charge in [0.15, 0.2) is 0 Å². The Bertz CT molecular complexity index is 607. The SMILES string of the molecule is CCOc1ccccc1CN(C[C@H](C)O)c1ncncc1Br. The number of benzene rings is 1. The quantitative estimate of drug-likeness (QED) is 0.816. The summed E-state index contributed by atoms with van der Waals surface area (Å²) in [5.74, 6) is 1.60. The average Bonchev–Trinajstić information content (AvgIpc) is 2.49. The average molecular weight is 366 g/mol. The van der Waals surface area contributed by atoms with E-state index in [1.807, 2.05) is 36.1 Å². The Labute approximate surface area is 139 Å². The standard InChI is InChI=1S/C16H20BrN3O2/c1-3-22-15-7-5-4-6-13(15)10-20(9-12(2)21)16-14(17)8-18-11-19-16/h4-8,11-12,21H,3,9-10H2,1-2H3/t12-/m0/s1. The number of nitrogens with zero attached hydrogens (tertiary/aromatic N) is 3. The fourth-order valence-electron chi connectivity index (χ4n) is 2.22. The highest BCUT2D eigenvalue weighted by Gasteiger charge is 2.16. The largest absolute Gasteiger partial charge is 0.494 e. The fourth-order valence-corrected chi connectivity index (χ4v) is 2.69. The molecular formula is C16H20BrN3O2. The van der Waals surface area contributed by atoms with Gasteiger partial charge in [-0.05, 0) is 35.8 Å². The Kier molecular flexibility index (Phi) is 6.15. The van der Waals surface area contributed by atoms with Crippen molar-refractivity contribution in [3.8, 4) is 5.75 Å². The van der Waals surface area contributed by atoms with Crippen LogP contribution in [-0.2, 0) is 6.54 Å². The van der Waals surface area contributed by atoms with Gasteiger partial charge in [0.2, 0.25) is 0 Å². The maximum atomic E-state index is 9.79. The summed E-state index contributed by atoms with van der Waals surface area (Å²) in [6, 6.07) is 7.91. The highest BCUT2D eigenvalue weighted by molar-refractivity contribution is 9.10. The zero-order chi connectivity index (χ0) is 15.9. The number of rotatable bonds is 7. The van der Waals surface area contributed by atoms with Crippen LogP contribution in [0.25, 0.3) is 0 Å². The van der Waals surface area contributed by atoms with Gasteiger partial charge in [0.25, 0.3) is 0 Å². The third-order valence-electron chi connectivity index (χ3n) is 3.07. The Morgan fingerprint density at radius 3 is 2.82 bits per heavy atom. The highest BCUT2D eigenvalue weighted by Crippen LogP contribution is 2.27. The second kappa shape index (κ2) is 8.10. The van der Waals surface area contributed by atoms with Gasteiger partial charge in [0.05, 0.1) is 17.2 Å². The monoisotopic (exact) mass is 365 g/mol. The summed E-state index contributed by atoms with van der Waals surface area (Å²) in [5.41, 5.74) is 1.05. The van der Waals surface area contributed by atoms with Crippen molar-refractivity contribution in [3.05, 3.63) is 46.8 Å². The molecule has 0 amide bonds. The van der Waals surface area contributed by atoms with E-state index in [1.165, 1.54) is 6.33 Å². The molecule has 1 aromatic carbocycles. The lowest BCUT2D eigenvalue weighted by atomic mass is 10.1. The van der Waals surface area contributed by atoms with Crippen LogP contribution < -0.4 is 9.64 Å². The van der Waals surface area contributed by atoms with E-state index in [2.05, 4.69) is 25.9 Å². The smallest absolute Gasteiger partial charge is 0.146 e. The number of halogens is 1. The van der Waals surface area contributed by atoms with Crippen LogP contribution in [-0.4, -0.2) is 34.3 Å². The molecule has 1 atom stereocenters. The lowest BCUT2D eigenvalue weighted by Gasteiger charge is -2.26. The first-order chi connectivity index (χ1) is 10.6. The third-order valence-corrected chi connectivity index (χ3v) is 3.63. The molecule has 0 radical (unpaired) electrons. The van der Waals surface area contributed by atoms with Crippen molar-refractivity contribution in [1.82, 2.24) is 9.97 Å². The number of para-hydroxylation sites is 1. The molecule has 0 saturated carbocycles. The molecule has 0 fully saturated rings. The van der Waals surface area contributed by atoms with Crippen molar-refractivity contribution in [2.75, 3.05) is 18.1 Å². The van der Waals surface area contributed by atoms with Crippen molar-refractivity contribution in [1.29, 1.82) is 0 Å². The van der Waals surface area contributed by atoms with Gasteiger partial charge in [-0.3, -0.25) is 0 Å². The summed E-state index contributed by atoms with van der Waals surface area (Å²) in [6.45, 7) is 5.40. The molecule has 0 aliphatic heterocycles. The van der Waals surface area contributed by atoms with Gasteiger partial charge in [-0.1, -0.05) is 18.2 Å². The van der Waals surface area contributed by atoms with Gasteiger partial charge in [0.1, 0.15) is 17.9 Å². The van der Waals surface area contributed by atoms with Gasteiger partial charge in [-0.25, -0.2) is 9.97 Å². The lowest BCUT2D eigenvalue weighted by molar-refractivity contribution is 0.199. The molecule has 118 valence electrons. The Morgan fingerprint density at radius 2 is 2.14 bits per heavy atom. The van der Waals surface area contributed by atoms with E-state index in [4.69, 9.17) is 4.74 Å². The van der Waals surface area contributed by atoms with Crippen molar-refractivity contribution in [2.45, 2.75) is 26.5 Å². The molecule has 0 aliphatic carbocycles. The molecule has 0 aliphatic rings. The summed E-state index contributed by atoms with van der Waals surface area (Å²) in [5, 5.41) is 9.79. The summed E-state index contributed by atoms with van der Waals surface area (Å²) >= 11 is 3.47. The van der Waals surface area contributed by atoms with Crippen LogP contribution in [0.15, 0.2) is 41.3 Å². The Morgan fingerprint density at radius 1 is 1.36 bits per heavy atom. The molecule has 22 heavy (non-hydrogen) atoms. The zero-order valence-electron chi connectivity index (χ0n) is 12.7.